The predicted molar refractivity (Wildman–Crippen MR) is 86.5 cm³/mol. The van der Waals surface area contributed by atoms with E-state index >= 15 is 0 Å². The van der Waals surface area contributed by atoms with E-state index in [0.717, 1.165) is 18.8 Å². The quantitative estimate of drug-likeness (QED) is 0.700. The minimum absolute atomic E-state index is 0.150. The zero-order valence-electron chi connectivity index (χ0n) is 13.6. The molecule has 0 N–H and O–H groups in total. The fraction of sp³-hybridized carbons (Fsp3) is 0.941. The lowest BCUT2D eigenvalue weighted by molar-refractivity contribution is -0.157. The number of hydrogen-bond acceptors (Lipinski definition) is 2. The second kappa shape index (κ2) is 7.10. The predicted octanol–water partition coefficient (Wildman–Crippen LogP) is 3.61. The lowest BCUT2D eigenvalue weighted by Gasteiger charge is -2.45. The fourth-order valence-electron chi connectivity index (χ4n) is 5.42. The van der Waals surface area contributed by atoms with Gasteiger partial charge in [0.05, 0.1) is 5.41 Å². The molecule has 116 valence electrons. The van der Waals surface area contributed by atoms with E-state index in [0.29, 0.717) is 22.3 Å². The molecule has 0 aliphatic heterocycles. The molecule has 2 unspecified atom stereocenters. The highest BCUT2D eigenvalue weighted by Gasteiger charge is 2.52. The second-order valence-electron chi connectivity index (χ2n) is 6.93. The molecule has 0 aromatic carbocycles. The maximum Gasteiger partial charge on any atom is 0.298 e. The normalized spacial score (nSPS) is 25.7. The first kappa shape index (κ1) is 16.1. The molecule has 2 rings (SSSR count). The summed E-state index contributed by atoms with van der Waals surface area (Å²) in [5, 5.41) is 0. The third-order valence-electron chi connectivity index (χ3n) is 6.30. The standard InChI is InChI=1S/C17H32O2Si/c1-3-15(13-9-5-6-10-13)17(4-2,16(18)19-20)14-11-7-8-12-14/h13-15H,3-12H2,1-2,20H3. The molecule has 0 aromatic heterocycles. The molecule has 0 heterocycles. The Labute approximate surface area is 127 Å². The van der Waals surface area contributed by atoms with Gasteiger partial charge in [0.25, 0.3) is 5.97 Å². The van der Waals surface area contributed by atoms with E-state index in [2.05, 4.69) is 13.8 Å². The van der Waals surface area contributed by atoms with Crippen molar-refractivity contribution in [3.05, 3.63) is 0 Å². The van der Waals surface area contributed by atoms with E-state index in [1.54, 1.807) is 0 Å². The van der Waals surface area contributed by atoms with Gasteiger partial charge in [0.2, 0.25) is 10.5 Å². The average molecular weight is 297 g/mol. The Morgan fingerprint density at radius 3 is 2.15 bits per heavy atom. The van der Waals surface area contributed by atoms with Crippen molar-refractivity contribution in [2.45, 2.75) is 78.1 Å². The molecule has 2 saturated carbocycles. The van der Waals surface area contributed by atoms with Crippen LogP contribution >= 0.6 is 0 Å². The molecule has 2 aliphatic rings. The topological polar surface area (TPSA) is 26.3 Å². The lowest BCUT2D eigenvalue weighted by Crippen LogP contribution is -2.47. The van der Waals surface area contributed by atoms with Crippen LogP contribution in [0.1, 0.15) is 78.1 Å². The first-order valence-corrected chi connectivity index (χ1v) is 9.60. The van der Waals surface area contributed by atoms with E-state index in [-0.39, 0.29) is 11.4 Å². The summed E-state index contributed by atoms with van der Waals surface area (Å²) in [5.74, 6) is 2.05. The van der Waals surface area contributed by atoms with Crippen molar-refractivity contribution in [2.24, 2.45) is 23.2 Å². The Balaban J connectivity index is 2.33. The molecule has 0 bridgehead atoms. The molecular weight excluding hydrogens is 264 g/mol. The van der Waals surface area contributed by atoms with Gasteiger partial charge < -0.3 is 4.43 Å². The van der Waals surface area contributed by atoms with Gasteiger partial charge in [0, 0.05) is 0 Å². The molecular formula is C17H32O2Si. The number of hydrogen-bond donors (Lipinski definition) is 0. The van der Waals surface area contributed by atoms with Crippen molar-refractivity contribution >= 4 is 16.5 Å². The summed E-state index contributed by atoms with van der Waals surface area (Å²) in [6.45, 7) is 4.52. The van der Waals surface area contributed by atoms with E-state index < -0.39 is 0 Å². The average Bonchev–Trinajstić information content (AvgIpc) is 3.16. The fourth-order valence-corrected chi connectivity index (χ4v) is 5.80. The minimum Gasteiger partial charge on any atom is -0.528 e. The number of carbonyl (C=O) groups excluding carboxylic acids is 1. The highest BCUT2D eigenvalue weighted by molar-refractivity contribution is 6.06. The van der Waals surface area contributed by atoms with Crippen LogP contribution in [0.15, 0.2) is 0 Å². The first-order valence-electron chi connectivity index (χ1n) is 8.79. The second-order valence-corrected chi connectivity index (χ2v) is 7.33. The molecule has 2 aliphatic carbocycles. The maximum atomic E-state index is 12.8. The van der Waals surface area contributed by atoms with Gasteiger partial charge in [0.1, 0.15) is 0 Å². The van der Waals surface area contributed by atoms with Gasteiger partial charge >= 0.3 is 0 Å². The molecule has 2 fully saturated rings. The lowest BCUT2D eigenvalue weighted by atomic mass is 9.59. The zero-order chi connectivity index (χ0) is 14.6. The summed E-state index contributed by atoms with van der Waals surface area (Å²) >= 11 is 0. The van der Waals surface area contributed by atoms with Crippen LogP contribution in [0, 0.1) is 23.2 Å². The van der Waals surface area contributed by atoms with Crippen LogP contribution in [0.5, 0.6) is 0 Å². The molecule has 2 nitrogen and oxygen atoms in total. The van der Waals surface area contributed by atoms with Gasteiger partial charge in [-0.25, -0.2) is 0 Å². The van der Waals surface area contributed by atoms with Crippen molar-refractivity contribution in [3.8, 4) is 0 Å². The monoisotopic (exact) mass is 296 g/mol. The number of rotatable bonds is 6. The van der Waals surface area contributed by atoms with E-state index in [1.165, 1.54) is 51.4 Å². The molecule has 2 atom stereocenters. The Hall–Kier alpha value is -0.313. The van der Waals surface area contributed by atoms with Crippen LogP contribution in [-0.4, -0.2) is 16.5 Å². The van der Waals surface area contributed by atoms with Crippen LogP contribution in [0.25, 0.3) is 0 Å². The number of carbonyl (C=O) groups is 1. The molecule has 20 heavy (non-hydrogen) atoms. The summed E-state index contributed by atoms with van der Waals surface area (Å²) < 4.78 is 5.46. The Bertz CT molecular complexity index is 319. The largest absolute Gasteiger partial charge is 0.528 e. The minimum atomic E-state index is -0.165. The van der Waals surface area contributed by atoms with Gasteiger partial charge in [-0.15, -0.1) is 0 Å². The highest BCUT2D eigenvalue weighted by Crippen LogP contribution is 2.54. The molecule has 0 spiro atoms. The van der Waals surface area contributed by atoms with Gasteiger partial charge in [0.15, 0.2) is 0 Å². The van der Waals surface area contributed by atoms with Crippen LogP contribution in [0.3, 0.4) is 0 Å². The Morgan fingerprint density at radius 1 is 1.15 bits per heavy atom. The van der Waals surface area contributed by atoms with Crippen LogP contribution in [-0.2, 0) is 9.22 Å². The van der Waals surface area contributed by atoms with Crippen LogP contribution in [0.4, 0.5) is 0 Å². The summed E-state index contributed by atoms with van der Waals surface area (Å²) in [4.78, 5) is 12.8. The van der Waals surface area contributed by atoms with E-state index in [1.807, 2.05) is 0 Å². The van der Waals surface area contributed by atoms with Gasteiger partial charge in [-0.3, -0.25) is 4.79 Å². The molecule has 0 amide bonds. The molecule has 0 radical (unpaired) electrons. The SMILES string of the molecule is CCC(C1CCCC1)C(CC)(C(=O)O[SiH3])C1CCCC1. The Kier molecular flexibility index (Phi) is 5.71. The molecule has 0 saturated heterocycles. The third-order valence-corrected chi connectivity index (χ3v) is 6.68. The Morgan fingerprint density at radius 2 is 1.70 bits per heavy atom. The van der Waals surface area contributed by atoms with E-state index in [4.69, 9.17) is 4.43 Å². The van der Waals surface area contributed by atoms with E-state index in [9.17, 15) is 4.79 Å². The highest BCUT2D eigenvalue weighted by atomic mass is 28.2. The van der Waals surface area contributed by atoms with Crippen molar-refractivity contribution in [1.82, 2.24) is 0 Å². The van der Waals surface area contributed by atoms with Crippen molar-refractivity contribution in [1.29, 1.82) is 0 Å². The molecule has 0 aromatic rings. The van der Waals surface area contributed by atoms with Gasteiger partial charge in [-0.2, -0.15) is 0 Å². The maximum absolute atomic E-state index is 12.8. The smallest absolute Gasteiger partial charge is 0.298 e. The van der Waals surface area contributed by atoms with Crippen LogP contribution < -0.4 is 0 Å². The summed E-state index contributed by atoms with van der Waals surface area (Å²) in [7, 11) is 0.543. The van der Waals surface area contributed by atoms with Gasteiger partial charge in [-0.05, 0) is 37.0 Å². The van der Waals surface area contributed by atoms with Crippen molar-refractivity contribution in [3.63, 3.8) is 0 Å². The summed E-state index contributed by atoms with van der Waals surface area (Å²) in [5.41, 5.74) is -0.165. The first-order chi connectivity index (χ1) is 9.70. The van der Waals surface area contributed by atoms with Crippen molar-refractivity contribution < 1.29 is 9.22 Å². The van der Waals surface area contributed by atoms with Crippen molar-refractivity contribution in [2.75, 3.05) is 0 Å². The zero-order valence-corrected chi connectivity index (χ0v) is 15.6. The summed E-state index contributed by atoms with van der Waals surface area (Å²) in [6, 6.07) is 0. The third kappa shape index (κ3) is 2.70. The molecule has 3 heteroatoms. The van der Waals surface area contributed by atoms with Gasteiger partial charge in [-0.1, -0.05) is 58.8 Å². The van der Waals surface area contributed by atoms with Crippen LogP contribution in [0.2, 0.25) is 0 Å². The summed E-state index contributed by atoms with van der Waals surface area (Å²) in [6.07, 6.45) is 12.6.